The van der Waals surface area contributed by atoms with Crippen LogP contribution in [0.4, 0.5) is 10.1 Å². The molecule has 3 aromatic rings. The Balaban J connectivity index is 2.01. The molecule has 1 N–H and O–H groups in total. The topological polar surface area (TPSA) is 66.8 Å². The third kappa shape index (κ3) is 3.63. The van der Waals surface area contributed by atoms with Gasteiger partial charge in [0.2, 0.25) is 0 Å². The van der Waals surface area contributed by atoms with E-state index in [1.54, 1.807) is 30.3 Å². The molecule has 5 nitrogen and oxygen atoms in total. The average Bonchev–Trinajstić information content (AvgIpc) is 3.04. The lowest BCUT2D eigenvalue weighted by molar-refractivity contribution is -0.132. The van der Waals surface area contributed by atoms with E-state index in [0.29, 0.717) is 11.4 Å². The van der Waals surface area contributed by atoms with E-state index in [1.165, 1.54) is 42.3 Å². The first-order valence-electron chi connectivity index (χ1n) is 9.79. The molecule has 1 atom stereocenters. The van der Waals surface area contributed by atoms with Gasteiger partial charge in [-0.25, -0.2) is 4.39 Å². The summed E-state index contributed by atoms with van der Waals surface area (Å²) in [5.74, 6) is -2.53. The molecule has 1 aliphatic rings. The number of carbonyl (C=O) groups is 2. The Bertz CT molecular complexity index is 1270. The molecule has 1 heterocycles. The van der Waals surface area contributed by atoms with Crippen molar-refractivity contribution in [2.24, 2.45) is 0 Å². The van der Waals surface area contributed by atoms with Crippen LogP contribution in [0.5, 0.6) is 5.75 Å². The van der Waals surface area contributed by atoms with Gasteiger partial charge in [-0.15, -0.1) is 0 Å². The Morgan fingerprint density at radius 3 is 2.50 bits per heavy atom. The zero-order valence-electron chi connectivity index (χ0n) is 17.3. The van der Waals surface area contributed by atoms with Crippen LogP contribution in [0.3, 0.4) is 0 Å². The molecule has 0 aromatic heterocycles. The highest BCUT2D eigenvalue weighted by Crippen LogP contribution is 2.44. The number of Topliss-reactive ketones (excluding diaryl/α,β-unsaturated/α-hetero) is 1. The van der Waals surface area contributed by atoms with Gasteiger partial charge in [-0.2, -0.15) is 0 Å². The molecule has 162 valence electrons. The highest BCUT2D eigenvalue weighted by Gasteiger charge is 2.48. The van der Waals surface area contributed by atoms with Gasteiger partial charge < -0.3 is 9.84 Å². The minimum absolute atomic E-state index is 0.0776. The number of carbonyl (C=O) groups excluding carboxylic acids is 2. The van der Waals surface area contributed by atoms with E-state index in [9.17, 15) is 19.1 Å². The van der Waals surface area contributed by atoms with Gasteiger partial charge in [0.05, 0.1) is 23.7 Å². The van der Waals surface area contributed by atoms with Crippen LogP contribution < -0.4 is 9.64 Å². The summed E-state index contributed by atoms with van der Waals surface area (Å²) < 4.78 is 20.1. The van der Waals surface area contributed by atoms with E-state index in [0.717, 1.165) is 5.56 Å². The Morgan fingerprint density at radius 1 is 1.06 bits per heavy atom. The van der Waals surface area contributed by atoms with Crippen molar-refractivity contribution in [1.29, 1.82) is 0 Å². The number of halogens is 2. The fraction of sp³-hybridized carbons (Fsp3) is 0.120. The quantitative estimate of drug-likeness (QED) is 0.326. The van der Waals surface area contributed by atoms with Crippen molar-refractivity contribution in [3.05, 3.63) is 99.8 Å². The van der Waals surface area contributed by atoms with Crippen LogP contribution in [-0.4, -0.2) is 23.9 Å². The minimum atomic E-state index is -1.18. The number of ketones is 1. The second-order valence-corrected chi connectivity index (χ2v) is 7.78. The normalized spacial score (nSPS) is 17.6. The highest BCUT2D eigenvalue weighted by atomic mass is 35.5. The van der Waals surface area contributed by atoms with Crippen LogP contribution in [0.15, 0.2) is 72.3 Å². The van der Waals surface area contributed by atoms with Crippen molar-refractivity contribution in [1.82, 2.24) is 0 Å². The molecule has 3 aromatic carbocycles. The van der Waals surface area contributed by atoms with E-state index in [-0.39, 0.29) is 21.7 Å². The monoisotopic (exact) mass is 451 g/mol. The Morgan fingerprint density at radius 2 is 1.81 bits per heavy atom. The number of benzene rings is 3. The number of rotatable bonds is 4. The standard InChI is InChI=1S/C25H19ClFNO4/c1-14-6-5-7-15(12-14)28-22(17-8-3-4-9-20(17)27)21(24(30)25(28)31)23(29)18-13-16(32-2)10-11-19(18)26/h3-13,22,29H,1-2H3/b23-21+. The van der Waals surface area contributed by atoms with Crippen LogP contribution >= 0.6 is 11.6 Å². The summed E-state index contributed by atoms with van der Waals surface area (Å²) in [6, 6.07) is 16.2. The van der Waals surface area contributed by atoms with Crippen molar-refractivity contribution >= 4 is 34.7 Å². The number of hydrogen-bond donors (Lipinski definition) is 1. The first-order chi connectivity index (χ1) is 15.3. The zero-order chi connectivity index (χ0) is 23.0. The first-order valence-corrected chi connectivity index (χ1v) is 10.2. The molecule has 0 spiro atoms. The van der Waals surface area contributed by atoms with E-state index >= 15 is 0 Å². The first kappa shape index (κ1) is 21.6. The number of hydrogen-bond acceptors (Lipinski definition) is 4. The highest BCUT2D eigenvalue weighted by molar-refractivity contribution is 6.52. The third-order valence-corrected chi connectivity index (χ3v) is 5.68. The summed E-state index contributed by atoms with van der Waals surface area (Å²) in [6.07, 6.45) is 0. The lowest BCUT2D eigenvalue weighted by Crippen LogP contribution is -2.29. The van der Waals surface area contributed by atoms with E-state index in [1.807, 2.05) is 13.0 Å². The molecular formula is C25H19ClFNO4. The van der Waals surface area contributed by atoms with Gasteiger partial charge in [-0.05, 0) is 48.9 Å². The molecule has 0 saturated carbocycles. The van der Waals surface area contributed by atoms with Crippen molar-refractivity contribution in [2.75, 3.05) is 12.0 Å². The third-order valence-electron chi connectivity index (χ3n) is 5.35. The van der Waals surface area contributed by atoms with Crippen molar-refractivity contribution < 1.29 is 23.8 Å². The smallest absolute Gasteiger partial charge is 0.300 e. The maximum atomic E-state index is 14.9. The molecule has 7 heteroatoms. The maximum Gasteiger partial charge on any atom is 0.300 e. The molecule has 1 fully saturated rings. The average molecular weight is 452 g/mol. The van der Waals surface area contributed by atoms with Crippen LogP contribution in [-0.2, 0) is 9.59 Å². The fourth-order valence-corrected chi connectivity index (χ4v) is 4.03. The Hall–Kier alpha value is -3.64. The maximum absolute atomic E-state index is 14.9. The van der Waals surface area contributed by atoms with Crippen molar-refractivity contribution in [2.45, 2.75) is 13.0 Å². The molecule has 1 amide bonds. The SMILES string of the molecule is COc1ccc(Cl)c(/C(O)=C2\C(=O)C(=O)N(c3cccc(C)c3)C2c2ccccc2F)c1. The molecule has 1 unspecified atom stereocenters. The van der Waals surface area contributed by atoms with Gasteiger partial charge in [0.25, 0.3) is 11.7 Å². The lowest BCUT2D eigenvalue weighted by atomic mass is 9.94. The van der Waals surface area contributed by atoms with Crippen LogP contribution in [0.25, 0.3) is 5.76 Å². The van der Waals surface area contributed by atoms with Crippen LogP contribution in [0, 0.1) is 12.7 Å². The van der Waals surface area contributed by atoms with Crippen LogP contribution in [0.2, 0.25) is 5.02 Å². The number of methoxy groups -OCH3 is 1. The van der Waals surface area contributed by atoms with Gasteiger partial charge in [-0.3, -0.25) is 14.5 Å². The molecular weight excluding hydrogens is 433 g/mol. The summed E-state index contributed by atoms with van der Waals surface area (Å²) in [6.45, 7) is 1.84. The summed E-state index contributed by atoms with van der Waals surface area (Å²) in [4.78, 5) is 27.5. The van der Waals surface area contributed by atoms with E-state index in [4.69, 9.17) is 16.3 Å². The molecule has 4 rings (SSSR count). The second-order valence-electron chi connectivity index (χ2n) is 7.38. The Labute approximate surface area is 189 Å². The van der Waals surface area contributed by atoms with E-state index < -0.39 is 29.3 Å². The molecule has 1 aliphatic heterocycles. The molecule has 0 radical (unpaired) electrons. The fourth-order valence-electron chi connectivity index (χ4n) is 3.83. The number of aliphatic hydroxyl groups excluding tert-OH is 1. The zero-order valence-corrected chi connectivity index (χ0v) is 18.1. The van der Waals surface area contributed by atoms with Gasteiger partial charge in [0, 0.05) is 16.8 Å². The minimum Gasteiger partial charge on any atom is -0.507 e. The predicted octanol–water partition coefficient (Wildman–Crippen LogP) is 5.42. The summed E-state index contributed by atoms with van der Waals surface area (Å²) in [5, 5.41) is 11.3. The molecule has 1 saturated heterocycles. The number of anilines is 1. The van der Waals surface area contributed by atoms with Gasteiger partial charge in [-0.1, -0.05) is 41.9 Å². The predicted molar refractivity (Wildman–Crippen MR) is 120 cm³/mol. The number of aryl methyl sites for hydroxylation is 1. The second kappa shape index (κ2) is 8.48. The molecule has 0 aliphatic carbocycles. The number of amides is 1. The van der Waals surface area contributed by atoms with Gasteiger partial charge >= 0.3 is 0 Å². The number of nitrogens with zero attached hydrogens (tertiary/aromatic N) is 1. The van der Waals surface area contributed by atoms with E-state index in [2.05, 4.69) is 0 Å². The van der Waals surface area contributed by atoms with Gasteiger partial charge in [0.1, 0.15) is 17.3 Å². The van der Waals surface area contributed by atoms with Crippen molar-refractivity contribution in [3.8, 4) is 5.75 Å². The van der Waals surface area contributed by atoms with Gasteiger partial charge in [0.15, 0.2) is 0 Å². The molecule has 32 heavy (non-hydrogen) atoms. The van der Waals surface area contributed by atoms with Crippen molar-refractivity contribution in [3.63, 3.8) is 0 Å². The summed E-state index contributed by atoms with van der Waals surface area (Å²) >= 11 is 6.28. The Kier molecular flexibility index (Phi) is 5.72. The van der Waals surface area contributed by atoms with Crippen LogP contribution in [0.1, 0.15) is 22.7 Å². The largest absolute Gasteiger partial charge is 0.507 e. The lowest BCUT2D eigenvalue weighted by Gasteiger charge is -2.26. The molecule has 0 bridgehead atoms. The summed E-state index contributed by atoms with van der Waals surface area (Å²) in [5.41, 5.74) is 1.20. The number of aliphatic hydroxyl groups is 1. The number of ether oxygens (including phenoxy) is 1. The summed E-state index contributed by atoms with van der Waals surface area (Å²) in [7, 11) is 1.45.